The molecule has 6 heteroatoms. The molecule has 0 bridgehead atoms. The first kappa shape index (κ1) is 17.9. The molecular formula is C19H23NO4S. The molecule has 25 heavy (non-hydrogen) atoms. The fraction of sp³-hybridized carbons (Fsp3) is 0.368. The van der Waals surface area contributed by atoms with Crippen molar-refractivity contribution in [1.29, 1.82) is 0 Å². The number of benzene rings is 2. The van der Waals surface area contributed by atoms with Crippen LogP contribution in [-0.4, -0.2) is 39.5 Å². The van der Waals surface area contributed by atoms with E-state index in [2.05, 4.69) is 0 Å². The predicted molar refractivity (Wildman–Crippen MR) is 96.4 cm³/mol. The van der Waals surface area contributed by atoms with E-state index >= 15 is 0 Å². The van der Waals surface area contributed by atoms with Gasteiger partial charge in [-0.1, -0.05) is 29.8 Å². The van der Waals surface area contributed by atoms with Gasteiger partial charge in [-0.25, -0.2) is 8.42 Å². The van der Waals surface area contributed by atoms with Gasteiger partial charge in [-0.2, -0.15) is 4.31 Å². The quantitative estimate of drug-likeness (QED) is 0.840. The third kappa shape index (κ3) is 3.71. The topological polar surface area (TPSA) is 55.8 Å². The molecule has 1 aliphatic rings. The van der Waals surface area contributed by atoms with Crippen molar-refractivity contribution in [2.24, 2.45) is 0 Å². The molecule has 0 amide bonds. The maximum Gasteiger partial charge on any atom is 0.243 e. The summed E-state index contributed by atoms with van der Waals surface area (Å²) in [5.74, 6) is 0.679. The normalized spacial score (nSPS) is 18.9. The van der Waals surface area contributed by atoms with E-state index in [0.29, 0.717) is 25.4 Å². The van der Waals surface area contributed by atoms with Crippen LogP contribution in [0.15, 0.2) is 47.4 Å². The lowest BCUT2D eigenvalue weighted by Gasteiger charge is -2.32. The average Bonchev–Trinajstić information content (AvgIpc) is 2.62. The van der Waals surface area contributed by atoms with Gasteiger partial charge in [-0.05, 0) is 43.2 Å². The highest BCUT2D eigenvalue weighted by Gasteiger charge is 2.31. The van der Waals surface area contributed by atoms with Crippen molar-refractivity contribution in [3.63, 3.8) is 0 Å². The van der Waals surface area contributed by atoms with Crippen LogP contribution in [0.4, 0.5) is 0 Å². The highest BCUT2D eigenvalue weighted by Crippen LogP contribution is 2.28. The van der Waals surface area contributed by atoms with Crippen LogP contribution < -0.4 is 4.74 Å². The fourth-order valence-electron chi connectivity index (χ4n) is 2.99. The van der Waals surface area contributed by atoms with Gasteiger partial charge in [0, 0.05) is 13.1 Å². The molecule has 0 aromatic heterocycles. The van der Waals surface area contributed by atoms with Crippen LogP contribution in [0, 0.1) is 13.8 Å². The second kappa shape index (κ2) is 7.15. The van der Waals surface area contributed by atoms with Crippen LogP contribution in [0.25, 0.3) is 0 Å². The van der Waals surface area contributed by atoms with Gasteiger partial charge in [0.05, 0.1) is 24.7 Å². The molecule has 1 aliphatic heterocycles. The van der Waals surface area contributed by atoms with Crippen molar-refractivity contribution in [2.45, 2.75) is 24.8 Å². The molecule has 134 valence electrons. The van der Waals surface area contributed by atoms with Gasteiger partial charge in [0.25, 0.3) is 0 Å². The van der Waals surface area contributed by atoms with Gasteiger partial charge in [0.2, 0.25) is 10.0 Å². The summed E-state index contributed by atoms with van der Waals surface area (Å²) >= 11 is 0. The molecule has 0 radical (unpaired) electrons. The standard InChI is InChI=1S/C19H23NO4S/c1-14-4-6-16(7-5-14)19-13-20(10-11-24-19)25(21,22)17-8-9-18(23-3)15(2)12-17/h4-9,12,19H,10-11,13H2,1-3H3. The second-order valence-corrected chi connectivity index (χ2v) is 8.20. The number of hydrogen-bond donors (Lipinski definition) is 0. The van der Waals surface area contributed by atoms with Crippen molar-refractivity contribution >= 4 is 10.0 Å². The predicted octanol–water partition coefficient (Wildman–Crippen LogP) is 3.07. The number of methoxy groups -OCH3 is 1. The van der Waals surface area contributed by atoms with Gasteiger partial charge in [-0.15, -0.1) is 0 Å². The Balaban J connectivity index is 1.84. The van der Waals surface area contributed by atoms with Gasteiger partial charge < -0.3 is 9.47 Å². The monoisotopic (exact) mass is 361 g/mol. The van der Waals surface area contributed by atoms with E-state index in [9.17, 15) is 8.42 Å². The summed E-state index contributed by atoms with van der Waals surface area (Å²) in [7, 11) is -1.99. The first-order valence-electron chi connectivity index (χ1n) is 8.25. The molecule has 0 aliphatic carbocycles. The van der Waals surface area contributed by atoms with Crippen LogP contribution in [0.1, 0.15) is 22.8 Å². The lowest BCUT2D eigenvalue weighted by molar-refractivity contribution is -0.00256. The smallest absolute Gasteiger partial charge is 0.243 e. The minimum Gasteiger partial charge on any atom is -0.496 e. The van der Waals surface area contributed by atoms with Crippen molar-refractivity contribution in [3.05, 3.63) is 59.2 Å². The first-order valence-corrected chi connectivity index (χ1v) is 9.69. The Hall–Kier alpha value is -1.89. The Bertz CT molecular complexity index is 846. The molecule has 1 unspecified atom stereocenters. The summed E-state index contributed by atoms with van der Waals surface area (Å²) in [5.41, 5.74) is 2.96. The van der Waals surface area contributed by atoms with Crippen molar-refractivity contribution in [1.82, 2.24) is 4.31 Å². The zero-order valence-electron chi connectivity index (χ0n) is 14.7. The molecule has 1 saturated heterocycles. The summed E-state index contributed by atoms with van der Waals surface area (Å²) in [6, 6.07) is 13.0. The van der Waals surface area contributed by atoms with Crippen LogP contribution >= 0.6 is 0 Å². The summed E-state index contributed by atoms with van der Waals surface area (Å²) in [4.78, 5) is 0.287. The molecule has 0 spiro atoms. The SMILES string of the molecule is COc1ccc(S(=O)(=O)N2CCOC(c3ccc(C)cc3)C2)cc1C. The molecule has 5 nitrogen and oxygen atoms in total. The number of aryl methyl sites for hydroxylation is 2. The molecule has 1 atom stereocenters. The Kier molecular flexibility index (Phi) is 5.13. The zero-order chi connectivity index (χ0) is 18.0. The Morgan fingerprint density at radius 1 is 1.12 bits per heavy atom. The van der Waals surface area contributed by atoms with Crippen LogP contribution in [-0.2, 0) is 14.8 Å². The van der Waals surface area contributed by atoms with Crippen LogP contribution in [0.3, 0.4) is 0 Å². The second-order valence-electron chi connectivity index (χ2n) is 6.26. The summed E-state index contributed by atoms with van der Waals surface area (Å²) in [6.45, 7) is 4.92. The first-order chi connectivity index (χ1) is 11.9. The van der Waals surface area contributed by atoms with Crippen LogP contribution in [0.5, 0.6) is 5.75 Å². The molecule has 2 aromatic carbocycles. The number of rotatable bonds is 4. The van der Waals surface area contributed by atoms with Crippen LogP contribution in [0.2, 0.25) is 0 Å². The molecule has 1 fully saturated rings. The number of ether oxygens (including phenoxy) is 2. The minimum absolute atomic E-state index is 0.247. The maximum absolute atomic E-state index is 13.0. The van der Waals surface area contributed by atoms with Crippen molar-refractivity contribution in [2.75, 3.05) is 26.8 Å². The minimum atomic E-state index is -3.56. The van der Waals surface area contributed by atoms with E-state index in [1.54, 1.807) is 25.3 Å². The van der Waals surface area contributed by atoms with E-state index in [1.165, 1.54) is 4.31 Å². The third-order valence-corrected chi connectivity index (χ3v) is 6.34. The largest absolute Gasteiger partial charge is 0.496 e. The Labute approximate surface area is 149 Å². The number of hydrogen-bond acceptors (Lipinski definition) is 4. The van der Waals surface area contributed by atoms with E-state index < -0.39 is 10.0 Å². The zero-order valence-corrected chi connectivity index (χ0v) is 15.5. The van der Waals surface area contributed by atoms with Gasteiger partial charge >= 0.3 is 0 Å². The van der Waals surface area contributed by atoms with E-state index in [-0.39, 0.29) is 11.0 Å². The lowest BCUT2D eigenvalue weighted by Crippen LogP contribution is -2.42. The van der Waals surface area contributed by atoms with Gasteiger partial charge in [-0.3, -0.25) is 0 Å². The highest BCUT2D eigenvalue weighted by molar-refractivity contribution is 7.89. The lowest BCUT2D eigenvalue weighted by atomic mass is 10.1. The molecule has 2 aromatic rings. The summed E-state index contributed by atoms with van der Waals surface area (Å²) in [6.07, 6.45) is -0.247. The van der Waals surface area contributed by atoms with Gasteiger partial charge in [0.15, 0.2) is 0 Å². The van der Waals surface area contributed by atoms with Crippen molar-refractivity contribution < 1.29 is 17.9 Å². The number of nitrogens with zero attached hydrogens (tertiary/aromatic N) is 1. The molecule has 0 N–H and O–H groups in total. The van der Waals surface area contributed by atoms with E-state index in [0.717, 1.165) is 16.7 Å². The molecular weight excluding hydrogens is 338 g/mol. The summed E-state index contributed by atoms with van der Waals surface area (Å²) in [5, 5.41) is 0. The van der Waals surface area contributed by atoms with E-state index in [4.69, 9.17) is 9.47 Å². The van der Waals surface area contributed by atoms with Crippen molar-refractivity contribution in [3.8, 4) is 5.75 Å². The number of morpholine rings is 1. The fourth-order valence-corrected chi connectivity index (χ4v) is 4.50. The van der Waals surface area contributed by atoms with Gasteiger partial charge in [0.1, 0.15) is 5.75 Å². The number of sulfonamides is 1. The summed E-state index contributed by atoms with van der Waals surface area (Å²) < 4.78 is 38.5. The Morgan fingerprint density at radius 2 is 1.84 bits per heavy atom. The highest BCUT2D eigenvalue weighted by atomic mass is 32.2. The molecule has 3 rings (SSSR count). The maximum atomic E-state index is 13.0. The third-order valence-electron chi connectivity index (χ3n) is 4.48. The molecule has 0 saturated carbocycles. The molecule has 1 heterocycles. The van der Waals surface area contributed by atoms with E-state index in [1.807, 2.05) is 38.1 Å². The average molecular weight is 361 g/mol. The Morgan fingerprint density at radius 3 is 2.48 bits per heavy atom.